The van der Waals surface area contributed by atoms with Gasteiger partial charge in [-0.05, 0) is 62.1 Å². The van der Waals surface area contributed by atoms with Crippen molar-refractivity contribution in [1.29, 1.82) is 0 Å². The Morgan fingerprint density at radius 2 is 1.74 bits per heavy atom. The van der Waals surface area contributed by atoms with Gasteiger partial charge in [-0.1, -0.05) is 31.5 Å². The Bertz CT molecular complexity index is 1030. The van der Waals surface area contributed by atoms with Crippen LogP contribution in [0.1, 0.15) is 48.2 Å². The number of sulfonamides is 1. The minimum absolute atomic E-state index is 0.0613. The van der Waals surface area contributed by atoms with Gasteiger partial charge in [0.2, 0.25) is 10.0 Å². The van der Waals surface area contributed by atoms with E-state index in [0.717, 1.165) is 29.1 Å². The second kappa shape index (κ2) is 10.5. The number of anilines is 1. The number of carbonyl (C=O) groups is 2. The van der Waals surface area contributed by atoms with Crippen LogP contribution in [0.4, 0.5) is 5.69 Å². The van der Waals surface area contributed by atoms with Crippen molar-refractivity contribution in [3.63, 3.8) is 0 Å². The van der Waals surface area contributed by atoms with Crippen molar-refractivity contribution < 1.29 is 22.7 Å². The molecule has 0 aliphatic heterocycles. The van der Waals surface area contributed by atoms with E-state index in [2.05, 4.69) is 12.2 Å². The number of rotatable bonds is 9. The number of nitrogens with zero attached hydrogens (tertiary/aromatic N) is 1. The van der Waals surface area contributed by atoms with E-state index in [-0.39, 0.29) is 4.90 Å². The van der Waals surface area contributed by atoms with Crippen LogP contribution in [0.5, 0.6) is 0 Å². The highest BCUT2D eigenvalue weighted by Gasteiger charge is 2.22. The summed E-state index contributed by atoms with van der Waals surface area (Å²) in [6.07, 6.45) is 2.07. The third-order valence-corrected chi connectivity index (χ3v) is 6.72. The maximum atomic E-state index is 12.6. The zero-order chi connectivity index (χ0) is 23.2. The molecular formula is C23H30N2O5S. The molecule has 1 unspecified atom stereocenters. The maximum absolute atomic E-state index is 12.6. The fourth-order valence-corrected chi connectivity index (χ4v) is 3.74. The van der Waals surface area contributed by atoms with Crippen molar-refractivity contribution in [1.82, 2.24) is 4.31 Å². The van der Waals surface area contributed by atoms with E-state index in [1.54, 1.807) is 25.1 Å². The molecule has 2 aromatic rings. The van der Waals surface area contributed by atoms with Gasteiger partial charge in [-0.2, -0.15) is 0 Å². The summed E-state index contributed by atoms with van der Waals surface area (Å²) < 4.78 is 31.1. The Morgan fingerprint density at radius 1 is 1.10 bits per heavy atom. The third kappa shape index (κ3) is 6.38. The van der Waals surface area contributed by atoms with Gasteiger partial charge < -0.3 is 10.1 Å². The van der Waals surface area contributed by atoms with Crippen LogP contribution in [-0.4, -0.2) is 44.8 Å². The molecule has 0 radical (unpaired) electrons. The number of unbranched alkanes of at least 4 members (excludes halogenated alkanes) is 1. The summed E-state index contributed by atoms with van der Waals surface area (Å²) >= 11 is 0. The number of carbonyl (C=O) groups excluding carboxylic acids is 2. The van der Waals surface area contributed by atoms with E-state index in [1.807, 2.05) is 12.1 Å². The first-order valence-corrected chi connectivity index (χ1v) is 11.6. The number of amides is 1. The number of hydrogen-bond donors (Lipinski definition) is 1. The van der Waals surface area contributed by atoms with Gasteiger partial charge >= 0.3 is 5.97 Å². The molecule has 1 amide bonds. The van der Waals surface area contributed by atoms with Crippen molar-refractivity contribution >= 4 is 27.6 Å². The fraction of sp³-hybridized carbons (Fsp3) is 0.391. The zero-order valence-electron chi connectivity index (χ0n) is 18.6. The predicted molar refractivity (Wildman–Crippen MR) is 121 cm³/mol. The predicted octanol–water partition coefficient (Wildman–Crippen LogP) is 3.77. The van der Waals surface area contributed by atoms with Crippen LogP contribution in [0.3, 0.4) is 0 Å². The molecule has 31 heavy (non-hydrogen) atoms. The Morgan fingerprint density at radius 3 is 2.32 bits per heavy atom. The van der Waals surface area contributed by atoms with Crippen LogP contribution in [0.25, 0.3) is 0 Å². The summed E-state index contributed by atoms with van der Waals surface area (Å²) in [6, 6.07) is 11.6. The molecule has 0 fully saturated rings. The van der Waals surface area contributed by atoms with Crippen LogP contribution in [-0.2, 0) is 26.0 Å². The summed E-state index contributed by atoms with van der Waals surface area (Å²) in [5.41, 5.74) is 2.55. The molecule has 7 nitrogen and oxygen atoms in total. The molecule has 8 heteroatoms. The van der Waals surface area contributed by atoms with Gasteiger partial charge in [0.15, 0.2) is 6.10 Å². The fourth-order valence-electron chi connectivity index (χ4n) is 2.81. The van der Waals surface area contributed by atoms with Crippen molar-refractivity contribution in [2.45, 2.75) is 51.0 Å². The minimum Gasteiger partial charge on any atom is -0.449 e. The first-order valence-electron chi connectivity index (χ1n) is 10.2. The normalized spacial score (nSPS) is 12.5. The molecular weight excluding hydrogens is 416 g/mol. The number of aryl methyl sites for hydroxylation is 2. The molecule has 1 N–H and O–H groups in total. The lowest BCUT2D eigenvalue weighted by molar-refractivity contribution is -0.123. The van der Waals surface area contributed by atoms with Crippen molar-refractivity contribution in [2.24, 2.45) is 0 Å². The number of hydrogen-bond acceptors (Lipinski definition) is 5. The molecule has 168 valence electrons. The Hall–Kier alpha value is -2.71. The molecule has 0 aliphatic carbocycles. The number of nitrogens with one attached hydrogen (secondary N) is 1. The first kappa shape index (κ1) is 24.6. The third-order valence-electron chi connectivity index (χ3n) is 4.91. The van der Waals surface area contributed by atoms with E-state index < -0.39 is 28.0 Å². The average molecular weight is 447 g/mol. The molecule has 2 rings (SSSR count). The van der Waals surface area contributed by atoms with Gasteiger partial charge in [0.05, 0.1) is 10.5 Å². The monoisotopic (exact) mass is 446 g/mol. The second-order valence-corrected chi connectivity index (χ2v) is 9.75. The summed E-state index contributed by atoms with van der Waals surface area (Å²) in [5.74, 6) is -1.14. The molecule has 1 atom stereocenters. The topological polar surface area (TPSA) is 92.8 Å². The van der Waals surface area contributed by atoms with Crippen LogP contribution in [0.15, 0.2) is 47.4 Å². The lowest BCUT2D eigenvalue weighted by Crippen LogP contribution is -2.30. The van der Waals surface area contributed by atoms with E-state index >= 15 is 0 Å². The highest BCUT2D eigenvalue weighted by molar-refractivity contribution is 7.89. The largest absolute Gasteiger partial charge is 0.449 e. The van der Waals surface area contributed by atoms with E-state index in [1.165, 1.54) is 33.2 Å². The van der Waals surface area contributed by atoms with Gasteiger partial charge in [-0.15, -0.1) is 0 Å². The van der Waals surface area contributed by atoms with Crippen LogP contribution in [0, 0.1) is 6.92 Å². The van der Waals surface area contributed by atoms with Crippen molar-refractivity contribution in [3.05, 3.63) is 59.2 Å². The Kier molecular flexibility index (Phi) is 8.36. The van der Waals surface area contributed by atoms with E-state index in [4.69, 9.17) is 4.74 Å². The quantitative estimate of drug-likeness (QED) is 0.592. The Labute approximate surface area is 184 Å². The lowest BCUT2D eigenvalue weighted by atomic mass is 10.1. The summed E-state index contributed by atoms with van der Waals surface area (Å²) in [6.45, 7) is 5.34. The number of esters is 1. The number of benzene rings is 2. The molecule has 0 heterocycles. The van der Waals surface area contributed by atoms with Crippen LogP contribution >= 0.6 is 0 Å². The van der Waals surface area contributed by atoms with Crippen LogP contribution < -0.4 is 5.32 Å². The second-order valence-electron chi connectivity index (χ2n) is 7.60. The molecule has 0 bridgehead atoms. The van der Waals surface area contributed by atoms with Gasteiger partial charge in [-0.3, -0.25) is 4.79 Å². The van der Waals surface area contributed by atoms with Gasteiger partial charge in [-0.25, -0.2) is 17.5 Å². The molecule has 0 spiro atoms. The highest BCUT2D eigenvalue weighted by Crippen LogP contribution is 2.22. The standard InChI is InChI=1S/C23H30N2O5S/c1-6-7-8-18-10-12-19(13-11-18)23(27)30-17(3)22(26)24-21-15-20(14-9-16(21)2)31(28,29)25(4)5/h9-15,17H,6-8H2,1-5H3,(H,24,26). The van der Waals surface area contributed by atoms with Crippen molar-refractivity contribution in [2.75, 3.05) is 19.4 Å². The smallest absolute Gasteiger partial charge is 0.338 e. The van der Waals surface area contributed by atoms with E-state index in [9.17, 15) is 18.0 Å². The SMILES string of the molecule is CCCCc1ccc(C(=O)OC(C)C(=O)Nc2cc(S(=O)(=O)N(C)C)ccc2C)cc1. The summed E-state index contributed by atoms with van der Waals surface area (Å²) in [4.78, 5) is 25.0. The maximum Gasteiger partial charge on any atom is 0.338 e. The molecule has 0 saturated carbocycles. The average Bonchev–Trinajstić information content (AvgIpc) is 2.73. The first-order chi connectivity index (χ1) is 14.6. The van der Waals surface area contributed by atoms with Gasteiger partial charge in [0, 0.05) is 19.8 Å². The summed E-state index contributed by atoms with van der Waals surface area (Å²) in [7, 11) is -0.769. The number of ether oxygens (including phenoxy) is 1. The molecule has 0 aliphatic rings. The molecule has 0 aromatic heterocycles. The van der Waals surface area contributed by atoms with Crippen molar-refractivity contribution in [3.8, 4) is 0 Å². The molecule has 0 saturated heterocycles. The van der Waals surface area contributed by atoms with Gasteiger partial charge in [0.25, 0.3) is 5.91 Å². The minimum atomic E-state index is -3.64. The highest BCUT2D eigenvalue weighted by atomic mass is 32.2. The lowest BCUT2D eigenvalue weighted by Gasteiger charge is -2.17. The van der Waals surface area contributed by atoms with Crippen LogP contribution in [0.2, 0.25) is 0 Å². The van der Waals surface area contributed by atoms with Gasteiger partial charge in [0.1, 0.15) is 0 Å². The summed E-state index contributed by atoms with van der Waals surface area (Å²) in [5, 5.41) is 2.65. The molecule has 2 aromatic carbocycles. The Balaban J connectivity index is 2.06. The zero-order valence-corrected chi connectivity index (χ0v) is 19.5. The van der Waals surface area contributed by atoms with E-state index in [0.29, 0.717) is 16.8 Å².